The van der Waals surface area contributed by atoms with Gasteiger partial charge in [0.05, 0.1) is 0 Å². The van der Waals surface area contributed by atoms with Crippen LogP contribution in [0.3, 0.4) is 0 Å². The Morgan fingerprint density at radius 2 is 0.346 bits per heavy atom. The van der Waals surface area contributed by atoms with Gasteiger partial charge in [-0.3, -0.25) is 14.4 Å². The number of hydrogen-bond donors (Lipinski definition) is 0. The molecule has 1 unspecified atom stereocenters. The Balaban J connectivity index is 4.01. The van der Waals surface area contributed by atoms with Gasteiger partial charge in [0.15, 0.2) is 6.10 Å². The van der Waals surface area contributed by atoms with E-state index >= 15 is 0 Å². The number of ether oxygens (including phenoxy) is 3. The standard InChI is InChI=1S/C72H140O6/c1-4-7-10-13-16-19-22-25-27-28-29-30-31-32-33-34-35-36-37-38-39-40-41-42-43-44-46-47-50-53-56-59-62-65-71(74)77-68-69(67-76-70(73)64-61-58-55-52-49-24-21-18-15-12-9-6-3)78-72(75)66-63-60-57-54-51-48-45-26-23-20-17-14-11-8-5-2/h69H,4-68H2,1-3H3. The van der Waals surface area contributed by atoms with E-state index in [9.17, 15) is 14.4 Å². The fourth-order valence-corrected chi connectivity index (χ4v) is 11.5. The van der Waals surface area contributed by atoms with Gasteiger partial charge in [-0.25, -0.2) is 0 Å². The normalized spacial score (nSPS) is 11.9. The van der Waals surface area contributed by atoms with Crippen molar-refractivity contribution in [1.29, 1.82) is 0 Å². The number of unbranched alkanes of at least 4 members (excludes halogenated alkanes) is 57. The van der Waals surface area contributed by atoms with Crippen molar-refractivity contribution < 1.29 is 28.6 Å². The molecule has 0 heterocycles. The summed E-state index contributed by atoms with van der Waals surface area (Å²) in [5.74, 6) is -0.824. The first-order valence-corrected chi connectivity index (χ1v) is 36.0. The van der Waals surface area contributed by atoms with Crippen molar-refractivity contribution in [3.05, 3.63) is 0 Å². The molecule has 0 aliphatic rings. The van der Waals surface area contributed by atoms with Crippen LogP contribution in [0.5, 0.6) is 0 Å². The average Bonchev–Trinajstić information content (AvgIpc) is 3.44. The zero-order valence-corrected chi connectivity index (χ0v) is 53.5. The predicted octanol–water partition coefficient (Wildman–Crippen LogP) is 24.6. The molecule has 464 valence electrons. The highest BCUT2D eigenvalue weighted by molar-refractivity contribution is 5.71. The van der Waals surface area contributed by atoms with E-state index < -0.39 is 6.10 Å². The second-order valence-corrected chi connectivity index (χ2v) is 24.9. The average molecular weight is 1100 g/mol. The van der Waals surface area contributed by atoms with Gasteiger partial charge in [0.25, 0.3) is 0 Å². The quantitative estimate of drug-likeness (QED) is 0.0343. The summed E-state index contributed by atoms with van der Waals surface area (Å²) < 4.78 is 17.0. The Bertz CT molecular complexity index is 1170. The number of carbonyl (C=O) groups is 3. The lowest BCUT2D eigenvalue weighted by atomic mass is 10.0. The van der Waals surface area contributed by atoms with Crippen LogP contribution in [0.1, 0.15) is 425 Å². The zero-order chi connectivity index (χ0) is 56.4. The molecule has 0 aliphatic heterocycles. The Morgan fingerprint density at radius 3 is 0.513 bits per heavy atom. The summed E-state index contributed by atoms with van der Waals surface area (Å²) in [5, 5.41) is 0. The van der Waals surface area contributed by atoms with Gasteiger partial charge in [0, 0.05) is 19.3 Å². The first-order chi connectivity index (χ1) is 38.5. The summed E-state index contributed by atoms with van der Waals surface area (Å²) in [4.78, 5) is 38.3. The summed E-state index contributed by atoms with van der Waals surface area (Å²) in [6, 6.07) is 0. The fraction of sp³-hybridized carbons (Fsp3) is 0.958. The summed E-state index contributed by atoms with van der Waals surface area (Å²) in [6.45, 7) is 6.73. The monoisotopic (exact) mass is 1100 g/mol. The molecule has 0 bridgehead atoms. The first kappa shape index (κ1) is 76.4. The molecule has 0 saturated heterocycles. The van der Waals surface area contributed by atoms with E-state index in [1.807, 2.05) is 0 Å². The van der Waals surface area contributed by atoms with Crippen molar-refractivity contribution in [3.63, 3.8) is 0 Å². The second kappa shape index (κ2) is 67.9. The summed E-state index contributed by atoms with van der Waals surface area (Å²) in [6.07, 6.45) is 80.2. The van der Waals surface area contributed by atoms with Crippen molar-refractivity contribution in [1.82, 2.24) is 0 Å². The molecule has 0 fully saturated rings. The largest absolute Gasteiger partial charge is 0.462 e. The molecular weight excluding hydrogens is 961 g/mol. The first-order valence-electron chi connectivity index (χ1n) is 36.0. The highest BCUT2D eigenvalue weighted by Gasteiger charge is 2.20. The number of rotatable bonds is 68. The van der Waals surface area contributed by atoms with Crippen LogP contribution in [0, 0.1) is 0 Å². The van der Waals surface area contributed by atoms with E-state index in [1.54, 1.807) is 0 Å². The number of hydrogen-bond acceptors (Lipinski definition) is 6. The van der Waals surface area contributed by atoms with Crippen molar-refractivity contribution in [2.45, 2.75) is 431 Å². The molecule has 78 heavy (non-hydrogen) atoms. The van der Waals surface area contributed by atoms with Crippen molar-refractivity contribution >= 4 is 17.9 Å². The third kappa shape index (κ3) is 65.2. The Kier molecular flexibility index (Phi) is 66.5. The lowest BCUT2D eigenvalue weighted by Gasteiger charge is -2.18. The van der Waals surface area contributed by atoms with Gasteiger partial charge >= 0.3 is 17.9 Å². The fourth-order valence-electron chi connectivity index (χ4n) is 11.5. The van der Waals surface area contributed by atoms with Gasteiger partial charge in [-0.2, -0.15) is 0 Å². The third-order valence-electron chi connectivity index (χ3n) is 16.9. The maximum absolute atomic E-state index is 12.9. The minimum Gasteiger partial charge on any atom is -0.462 e. The summed E-state index contributed by atoms with van der Waals surface area (Å²) in [5.41, 5.74) is 0. The van der Waals surface area contributed by atoms with Crippen LogP contribution in [0.2, 0.25) is 0 Å². The van der Waals surface area contributed by atoms with Gasteiger partial charge in [0.2, 0.25) is 0 Å². The molecule has 0 rings (SSSR count). The zero-order valence-electron chi connectivity index (χ0n) is 53.5. The van der Waals surface area contributed by atoms with E-state index in [1.165, 1.54) is 327 Å². The maximum Gasteiger partial charge on any atom is 0.306 e. The van der Waals surface area contributed by atoms with E-state index in [4.69, 9.17) is 14.2 Å². The minimum atomic E-state index is -0.762. The van der Waals surface area contributed by atoms with E-state index in [2.05, 4.69) is 20.8 Å². The van der Waals surface area contributed by atoms with Crippen LogP contribution in [0.15, 0.2) is 0 Å². The Morgan fingerprint density at radius 1 is 0.205 bits per heavy atom. The number of carbonyl (C=O) groups excluding carboxylic acids is 3. The molecule has 0 radical (unpaired) electrons. The molecule has 0 saturated carbocycles. The molecule has 0 N–H and O–H groups in total. The van der Waals surface area contributed by atoms with Crippen LogP contribution in [-0.2, 0) is 28.6 Å². The molecule has 6 nitrogen and oxygen atoms in total. The van der Waals surface area contributed by atoms with Crippen LogP contribution < -0.4 is 0 Å². The third-order valence-corrected chi connectivity index (χ3v) is 16.9. The molecule has 0 amide bonds. The van der Waals surface area contributed by atoms with E-state index in [-0.39, 0.29) is 31.1 Å². The van der Waals surface area contributed by atoms with Crippen molar-refractivity contribution in [2.75, 3.05) is 13.2 Å². The van der Waals surface area contributed by atoms with Crippen LogP contribution >= 0.6 is 0 Å². The van der Waals surface area contributed by atoms with Crippen molar-refractivity contribution in [2.24, 2.45) is 0 Å². The minimum absolute atomic E-state index is 0.0606. The Hall–Kier alpha value is -1.59. The molecule has 0 aromatic rings. The summed E-state index contributed by atoms with van der Waals surface area (Å²) in [7, 11) is 0. The summed E-state index contributed by atoms with van der Waals surface area (Å²) >= 11 is 0. The topological polar surface area (TPSA) is 78.9 Å². The highest BCUT2D eigenvalue weighted by Crippen LogP contribution is 2.20. The van der Waals surface area contributed by atoms with Crippen LogP contribution in [0.25, 0.3) is 0 Å². The Labute approximate surface area is 488 Å². The molecule has 0 aromatic heterocycles. The van der Waals surface area contributed by atoms with E-state index in [0.29, 0.717) is 19.3 Å². The molecule has 0 spiro atoms. The molecule has 0 aromatic carbocycles. The molecule has 6 heteroatoms. The van der Waals surface area contributed by atoms with E-state index in [0.717, 1.165) is 57.8 Å². The number of esters is 3. The highest BCUT2D eigenvalue weighted by atomic mass is 16.6. The second-order valence-electron chi connectivity index (χ2n) is 24.9. The van der Waals surface area contributed by atoms with Gasteiger partial charge in [0.1, 0.15) is 13.2 Å². The van der Waals surface area contributed by atoms with Crippen molar-refractivity contribution in [3.8, 4) is 0 Å². The molecule has 1 atom stereocenters. The van der Waals surface area contributed by atoms with Crippen LogP contribution in [-0.4, -0.2) is 37.2 Å². The maximum atomic E-state index is 12.9. The SMILES string of the molecule is CCCCCCCCCCCCCCCCCCCCCCCCCCCCCCCCCCCC(=O)OCC(COC(=O)CCCCCCCCCCCCCC)OC(=O)CCCCCCCCCCCCCCCCC. The lowest BCUT2D eigenvalue weighted by Crippen LogP contribution is -2.30. The van der Waals surface area contributed by atoms with Gasteiger partial charge in [-0.1, -0.05) is 387 Å². The van der Waals surface area contributed by atoms with Gasteiger partial charge in [-0.15, -0.1) is 0 Å². The van der Waals surface area contributed by atoms with Gasteiger partial charge < -0.3 is 14.2 Å². The van der Waals surface area contributed by atoms with Gasteiger partial charge in [-0.05, 0) is 19.3 Å². The van der Waals surface area contributed by atoms with Crippen LogP contribution in [0.4, 0.5) is 0 Å². The molecule has 0 aliphatic carbocycles. The molecular formula is C72H140O6. The predicted molar refractivity (Wildman–Crippen MR) is 340 cm³/mol. The lowest BCUT2D eigenvalue weighted by molar-refractivity contribution is -0.167. The smallest absolute Gasteiger partial charge is 0.306 e.